The van der Waals surface area contributed by atoms with Gasteiger partial charge in [0.15, 0.2) is 15.6 Å². The number of carbonyl (C=O) groups excluding carboxylic acids is 3. The van der Waals surface area contributed by atoms with E-state index in [4.69, 9.17) is 11.6 Å². The highest BCUT2D eigenvalue weighted by Crippen LogP contribution is 2.26. The molecular formula is C27H30ClF3N2O8S2. The van der Waals surface area contributed by atoms with Gasteiger partial charge in [-0.25, -0.2) is 12.8 Å². The minimum atomic E-state index is -3.76. The number of carboxylic acid groups (broad SMARTS) is 1. The summed E-state index contributed by atoms with van der Waals surface area (Å²) >= 11 is 6.95. The van der Waals surface area contributed by atoms with E-state index in [0.29, 0.717) is 0 Å². The number of nitrogens with one attached hydrogen (secondary N) is 2. The zero-order valence-corrected chi connectivity index (χ0v) is 25.6. The number of hydrogen-bond donors (Lipinski definition) is 3. The van der Waals surface area contributed by atoms with Crippen molar-refractivity contribution in [1.82, 2.24) is 10.6 Å². The van der Waals surface area contributed by atoms with Crippen LogP contribution in [0.2, 0.25) is 5.02 Å². The number of thioether (sulfide) groups is 1. The van der Waals surface area contributed by atoms with E-state index in [2.05, 4.69) is 15.4 Å². The molecule has 0 spiro atoms. The quantitative estimate of drug-likeness (QED) is 0.244. The third kappa shape index (κ3) is 11.4. The van der Waals surface area contributed by atoms with E-state index in [1.54, 1.807) is 13.8 Å². The van der Waals surface area contributed by atoms with Crippen LogP contribution in [-0.2, 0) is 41.2 Å². The van der Waals surface area contributed by atoms with Crippen LogP contribution < -0.4 is 15.4 Å². The number of carboxylic acids is 1. The Morgan fingerprint density at radius 3 is 2.33 bits per heavy atom. The predicted molar refractivity (Wildman–Crippen MR) is 153 cm³/mol. The number of halogens is 4. The number of ketones is 1. The van der Waals surface area contributed by atoms with Crippen molar-refractivity contribution in [1.29, 1.82) is 0 Å². The summed E-state index contributed by atoms with van der Waals surface area (Å²) in [5.41, 5.74) is -0.0258. The van der Waals surface area contributed by atoms with Gasteiger partial charge in [0, 0.05) is 28.2 Å². The number of amides is 2. The highest BCUT2D eigenvalue weighted by molar-refractivity contribution is 7.99. The first-order chi connectivity index (χ1) is 20.0. The van der Waals surface area contributed by atoms with Crippen molar-refractivity contribution in [2.24, 2.45) is 5.92 Å². The van der Waals surface area contributed by atoms with Crippen molar-refractivity contribution < 1.29 is 50.6 Å². The summed E-state index contributed by atoms with van der Waals surface area (Å²) in [6.45, 7) is -0.143. The third-order valence-electron chi connectivity index (χ3n) is 5.93. The lowest BCUT2D eigenvalue weighted by Crippen LogP contribution is -2.54. The summed E-state index contributed by atoms with van der Waals surface area (Å²) in [6.07, 6.45) is -0.521. The lowest BCUT2D eigenvalue weighted by Gasteiger charge is -2.25. The Bertz CT molecular complexity index is 1440. The molecule has 10 nitrogen and oxygen atoms in total. The summed E-state index contributed by atoms with van der Waals surface area (Å²) in [5, 5.41) is 14.2. The molecule has 236 valence electrons. The van der Waals surface area contributed by atoms with Crippen molar-refractivity contribution in [3.05, 3.63) is 58.4 Å². The van der Waals surface area contributed by atoms with Gasteiger partial charge in [0.2, 0.25) is 11.8 Å². The summed E-state index contributed by atoms with van der Waals surface area (Å²) in [4.78, 5) is 50.0. The first-order valence-corrected chi connectivity index (χ1v) is 16.0. The first kappa shape index (κ1) is 35.9. The lowest BCUT2D eigenvalue weighted by atomic mass is 10.0. The van der Waals surface area contributed by atoms with Crippen molar-refractivity contribution in [3.63, 3.8) is 0 Å². The number of benzene rings is 2. The maximum absolute atomic E-state index is 14.0. The number of alkyl halides is 2. The Hall–Kier alpha value is -3.30. The molecule has 0 aliphatic rings. The van der Waals surface area contributed by atoms with Crippen molar-refractivity contribution in [3.8, 4) is 5.75 Å². The molecule has 0 fully saturated rings. The second-order valence-corrected chi connectivity index (χ2v) is 13.1. The monoisotopic (exact) mass is 666 g/mol. The van der Waals surface area contributed by atoms with Crippen LogP contribution in [0.1, 0.15) is 31.4 Å². The predicted octanol–water partition coefficient (Wildman–Crippen LogP) is 3.63. The molecule has 0 radical (unpaired) electrons. The molecule has 43 heavy (non-hydrogen) atoms. The van der Waals surface area contributed by atoms with Gasteiger partial charge in [-0.3, -0.25) is 19.2 Å². The molecule has 16 heteroatoms. The maximum atomic E-state index is 14.0. The van der Waals surface area contributed by atoms with Crippen LogP contribution in [0.4, 0.5) is 13.2 Å². The highest BCUT2D eigenvalue weighted by atomic mass is 35.5. The fourth-order valence-electron chi connectivity index (χ4n) is 3.77. The Labute approximate surface area is 255 Å². The standard InChI is InChI=1S/C27H30ClF3N2O8S2/c1-14(2)25(33-23(35)10-15-9-16(43(3,39)40)7-8-22(15)41-27(30)31)26(38)32-20(11-24(36)37)21(34)13-42-12-17-18(28)5-4-6-19(17)29/h4-9,14,20,25,27H,10-13H2,1-3H3,(H,32,38)(H,33,35)(H,36,37)/t20-,25-/m0/s1. The van der Waals surface area contributed by atoms with Crippen LogP contribution in [0.15, 0.2) is 41.3 Å². The molecule has 2 amide bonds. The number of rotatable bonds is 16. The largest absolute Gasteiger partial charge is 0.481 e. The van der Waals surface area contributed by atoms with Crippen LogP contribution >= 0.6 is 23.4 Å². The maximum Gasteiger partial charge on any atom is 0.387 e. The van der Waals surface area contributed by atoms with Crippen LogP contribution in [0.3, 0.4) is 0 Å². The smallest absolute Gasteiger partial charge is 0.387 e. The number of carbonyl (C=O) groups is 4. The summed E-state index contributed by atoms with van der Waals surface area (Å²) < 4.78 is 68.0. The molecule has 2 aromatic carbocycles. The normalized spacial score (nSPS) is 13.0. The number of sulfone groups is 1. The first-order valence-electron chi connectivity index (χ1n) is 12.6. The van der Waals surface area contributed by atoms with Gasteiger partial charge in [-0.2, -0.15) is 8.78 Å². The minimum absolute atomic E-state index is 0.00740. The van der Waals surface area contributed by atoms with E-state index in [9.17, 15) is 45.9 Å². The van der Waals surface area contributed by atoms with Gasteiger partial charge in [0.1, 0.15) is 17.6 Å². The van der Waals surface area contributed by atoms with Gasteiger partial charge in [-0.1, -0.05) is 31.5 Å². The number of aliphatic carboxylic acids is 1. The topological polar surface area (TPSA) is 156 Å². The second-order valence-electron chi connectivity index (χ2n) is 9.70. The Morgan fingerprint density at radius 2 is 1.77 bits per heavy atom. The third-order valence-corrected chi connectivity index (χ3v) is 8.37. The zero-order valence-electron chi connectivity index (χ0n) is 23.2. The fourth-order valence-corrected chi connectivity index (χ4v) is 5.76. The average Bonchev–Trinajstić information content (AvgIpc) is 2.88. The molecule has 0 aliphatic carbocycles. The minimum Gasteiger partial charge on any atom is -0.481 e. The zero-order chi connectivity index (χ0) is 32.5. The van der Waals surface area contributed by atoms with E-state index in [0.717, 1.165) is 36.2 Å². The van der Waals surface area contributed by atoms with Crippen LogP contribution in [-0.4, -0.2) is 67.8 Å². The molecule has 0 heterocycles. The molecule has 0 aliphatic heterocycles. The van der Waals surface area contributed by atoms with E-state index in [-0.39, 0.29) is 32.6 Å². The Balaban J connectivity index is 2.15. The molecule has 3 N–H and O–H groups in total. The molecule has 0 saturated heterocycles. The fraction of sp³-hybridized carbons (Fsp3) is 0.407. The molecule has 0 unspecified atom stereocenters. The Morgan fingerprint density at radius 1 is 1.09 bits per heavy atom. The summed E-state index contributed by atoms with van der Waals surface area (Å²) in [6, 6.07) is 4.35. The highest BCUT2D eigenvalue weighted by Gasteiger charge is 2.30. The molecule has 2 atom stereocenters. The molecule has 0 aromatic heterocycles. The van der Waals surface area contributed by atoms with Gasteiger partial charge >= 0.3 is 12.6 Å². The summed E-state index contributed by atoms with van der Waals surface area (Å²) in [7, 11) is -3.76. The molecular weight excluding hydrogens is 637 g/mol. The molecule has 0 bridgehead atoms. The van der Waals surface area contributed by atoms with E-state index in [1.807, 2.05) is 0 Å². The van der Waals surface area contributed by atoms with Gasteiger partial charge in [-0.15, -0.1) is 11.8 Å². The summed E-state index contributed by atoms with van der Waals surface area (Å²) in [5.74, 6) is -5.69. The van der Waals surface area contributed by atoms with Gasteiger partial charge < -0.3 is 20.5 Å². The SMILES string of the molecule is CC(C)[C@H](NC(=O)Cc1cc(S(C)(=O)=O)ccc1OC(F)F)C(=O)N[C@@H](CC(=O)O)C(=O)CSCc1c(F)cccc1Cl. The lowest BCUT2D eigenvalue weighted by molar-refractivity contribution is -0.140. The number of hydrogen-bond acceptors (Lipinski definition) is 8. The average molecular weight is 667 g/mol. The Kier molecular flexibility index (Phi) is 13.3. The van der Waals surface area contributed by atoms with E-state index < -0.39 is 82.4 Å². The molecule has 2 aromatic rings. The number of Topliss-reactive ketones (excluding diaryl/α,β-unsaturated/α-hetero) is 1. The van der Waals surface area contributed by atoms with Crippen LogP contribution in [0, 0.1) is 11.7 Å². The number of ether oxygens (including phenoxy) is 1. The van der Waals surface area contributed by atoms with Gasteiger partial charge in [-0.05, 0) is 36.2 Å². The van der Waals surface area contributed by atoms with Crippen molar-refractivity contribution in [2.45, 2.75) is 56.0 Å². The van der Waals surface area contributed by atoms with Crippen molar-refractivity contribution >= 4 is 56.8 Å². The van der Waals surface area contributed by atoms with Crippen LogP contribution in [0.5, 0.6) is 5.75 Å². The van der Waals surface area contributed by atoms with Gasteiger partial charge in [0.25, 0.3) is 0 Å². The van der Waals surface area contributed by atoms with Crippen LogP contribution in [0.25, 0.3) is 0 Å². The molecule has 2 rings (SSSR count). The second kappa shape index (κ2) is 16.0. The molecule has 0 saturated carbocycles. The van der Waals surface area contributed by atoms with E-state index >= 15 is 0 Å². The van der Waals surface area contributed by atoms with Gasteiger partial charge in [0.05, 0.1) is 29.5 Å². The van der Waals surface area contributed by atoms with Crippen molar-refractivity contribution in [2.75, 3.05) is 12.0 Å². The van der Waals surface area contributed by atoms with E-state index in [1.165, 1.54) is 18.2 Å².